The van der Waals surface area contributed by atoms with E-state index in [1.165, 1.54) is 0 Å². The van der Waals surface area contributed by atoms with Gasteiger partial charge in [0.25, 0.3) is 0 Å². The first-order chi connectivity index (χ1) is 4.25. The van der Waals surface area contributed by atoms with Gasteiger partial charge in [0.2, 0.25) is 0 Å². The van der Waals surface area contributed by atoms with Crippen LogP contribution in [0.5, 0.6) is 0 Å². The van der Waals surface area contributed by atoms with Crippen LogP contribution in [0, 0.1) is 0 Å². The molecule has 0 saturated carbocycles. The Bertz CT molecular complexity index is 98.2. The highest BCUT2D eigenvalue weighted by Crippen LogP contribution is 2.05. The van der Waals surface area contributed by atoms with E-state index in [9.17, 15) is 0 Å². The summed E-state index contributed by atoms with van der Waals surface area (Å²) in [5.41, 5.74) is 0. The summed E-state index contributed by atoms with van der Waals surface area (Å²) in [5, 5.41) is 29.1. The highest BCUT2D eigenvalue weighted by Gasteiger charge is 2.31. The maximum atomic E-state index is 8.98. The van der Waals surface area contributed by atoms with Crippen molar-refractivity contribution in [1.82, 2.24) is 5.32 Å². The Morgan fingerprint density at radius 2 is 2.11 bits per heavy atom. The largest absolute Gasteiger partial charge is 0.395 e. The van der Waals surface area contributed by atoms with Crippen molar-refractivity contribution in [1.29, 1.82) is 0 Å². The predicted molar refractivity (Wildman–Crippen MR) is 30.9 cm³/mol. The van der Waals surface area contributed by atoms with Crippen molar-refractivity contribution in [3.63, 3.8) is 0 Å². The van der Waals surface area contributed by atoms with E-state index in [0.29, 0.717) is 6.54 Å². The van der Waals surface area contributed by atoms with E-state index in [1.807, 2.05) is 0 Å². The van der Waals surface area contributed by atoms with Crippen LogP contribution in [0.15, 0.2) is 0 Å². The van der Waals surface area contributed by atoms with Crippen molar-refractivity contribution in [2.45, 2.75) is 18.2 Å². The van der Waals surface area contributed by atoms with Crippen molar-refractivity contribution in [2.75, 3.05) is 13.2 Å². The Kier molecular flexibility index (Phi) is 2.02. The van der Waals surface area contributed by atoms with E-state index in [-0.39, 0.29) is 12.6 Å². The van der Waals surface area contributed by atoms with Crippen LogP contribution in [0.2, 0.25) is 0 Å². The van der Waals surface area contributed by atoms with Crippen LogP contribution in [0.1, 0.15) is 0 Å². The van der Waals surface area contributed by atoms with Gasteiger partial charge in [-0.2, -0.15) is 0 Å². The summed E-state index contributed by atoms with van der Waals surface area (Å²) in [6.45, 7) is 0.241. The molecular formula is C5H11NO3. The number of rotatable bonds is 1. The summed E-state index contributed by atoms with van der Waals surface area (Å²) >= 11 is 0. The maximum Gasteiger partial charge on any atom is 0.0986 e. The topological polar surface area (TPSA) is 72.7 Å². The zero-order valence-corrected chi connectivity index (χ0v) is 4.99. The Morgan fingerprint density at radius 3 is 2.33 bits per heavy atom. The molecule has 0 aliphatic carbocycles. The molecule has 0 radical (unpaired) electrons. The minimum atomic E-state index is -0.810. The molecule has 1 aliphatic heterocycles. The van der Waals surface area contributed by atoms with Crippen LogP contribution in [0.25, 0.3) is 0 Å². The van der Waals surface area contributed by atoms with Crippen LogP contribution in [0.3, 0.4) is 0 Å². The molecule has 1 saturated heterocycles. The third-order valence-corrected chi connectivity index (χ3v) is 1.59. The lowest BCUT2D eigenvalue weighted by molar-refractivity contribution is 0.0295. The molecule has 9 heavy (non-hydrogen) atoms. The second-order valence-corrected chi connectivity index (χ2v) is 2.26. The van der Waals surface area contributed by atoms with E-state index >= 15 is 0 Å². The molecule has 0 aromatic heterocycles. The number of β-amino-alcohol motifs (C(OH)–C–C–N with tert-alkyl or cyclic N) is 1. The van der Waals surface area contributed by atoms with E-state index in [1.54, 1.807) is 0 Å². The van der Waals surface area contributed by atoms with Gasteiger partial charge in [-0.25, -0.2) is 0 Å². The van der Waals surface area contributed by atoms with Crippen molar-refractivity contribution >= 4 is 0 Å². The second kappa shape index (κ2) is 2.62. The third-order valence-electron chi connectivity index (χ3n) is 1.59. The lowest BCUT2D eigenvalue weighted by Crippen LogP contribution is -2.35. The summed E-state index contributed by atoms with van der Waals surface area (Å²) in [6, 6.07) is -0.347. The molecule has 0 bridgehead atoms. The van der Waals surface area contributed by atoms with Gasteiger partial charge in [-0.3, -0.25) is 0 Å². The molecule has 1 rings (SSSR count). The van der Waals surface area contributed by atoms with Gasteiger partial charge in [0, 0.05) is 6.54 Å². The van der Waals surface area contributed by atoms with E-state index in [2.05, 4.69) is 5.32 Å². The SMILES string of the molecule is OC[C@@H]1NCC(O)C1O. The van der Waals surface area contributed by atoms with Crippen LogP contribution in [-0.2, 0) is 0 Å². The fraction of sp³-hybridized carbons (Fsp3) is 1.00. The van der Waals surface area contributed by atoms with Crippen LogP contribution >= 0.6 is 0 Å². The zero-order chi connectivity index (χ0) is 6.85. The Labute approximate surface area is 53.1 Å². The molecule has 0 spiro atoms. The van der Waals surface area contributed by atoms with Gasteiger partial charge in [0.1, 0.15) is 0 Å². The first-order valence-corrected chi connectivity index (χ1v) is 2.96. The first-order valence-electron chi connectivity index (χ1n) is 2.96. The molecule has 2 unspecified atom stereocenters. The smallest absolute Gasteiger partial charge is 0.0986 e. The quantitative estimate of drug-likeness (QED) is 0.324. The Balaban J connectivity index is 2.41. The van der Waals surface area contributed by atoms with Gasteiger partial charge in [-0.15, -0.1) is 0 Å². The molecule has 3 atom stereocenters. The fourth-order valence-corrected chi connectivity index (χ4v) is 0.954. The monoisotopic (exact) mass is 133 g/mol. The molecule has 4 N–H and O–H groups in total. The highest BCUT2D eigenvalue weighted by molar-refractivity contribution is 4.89. The van der Waals surface area contributed by atoms with Gasteiger partial charge < -0.3 is 20.6 Å². The summed E-state index contributed by atoms with van der Waals surface area (Å²) in [6.07, 6.45) is -1.53. The molecule has 54 valence electrons. The van der Waals surface area contributed by atoms with E-state index < -0.39 is 12.2 Å². The Morgan fingerprint density at radius 1 is 1.44 bits per heavy atom. The normalized spacial score (nSPS) is 43.7. The number of nitrogens with one attached hydrogen (secondary N) is 1. The molecular weight excluding hydrogens is 122 g/mol. The molecule has 0 aromatic rings. The minimum Gasteiger partial charge on any atom is -0.395 e. The summed E-state index contributed by atoms with van der Waals surface area (Å²) < 4.78 is 0. The Hall–Kier alpha value is -0.160. The predicted octanol–water partition coefficient (Wildman–Crippen LogP) is -2.33. The maximum absolute atomic E-state index is 8.98. The molecule has 0 aromatic carbocycles. The third kappa shape index (κ3) is 1.21. The number of aliphatic hydroxyl groups excluding tert-OH is 3. The van der Waals surface area contributed by atoms with Crippen LogP contribution in [0.4, 0.5) is 0 Å². The molecule has 1 fully saturated rings. The van der Waals surface area contributed by atoms with Gasteiger partial charge in [0.05, 0.1) is 24.9 Å². The van der Waals surface area contributed by atoms with Gasteiger partial charge in [-0.1, -0.05) is 0 Å². The molecule has 1 heterocycles. The van der Waals surface area contributed by atoms with Crippen LogP contribution in [-0.4, -0.2) is 46.7 Å². The summed E-state index contributed by atoms with van der Waals surface area (Å²) in [5.74, 6) is 0. The lowest BCUT2D eigenvalue weighted by Gasteiger charge is -2.11. The minimum absolute atomic E-state index is 0.127. The number of aliphatic hydroxyl groups is 3. The lowest BCUT2D eigenvalue weighted by atomic mass is 10.1. The van der Waals surface area contributed by atoms with Gasteiger partial charge >= 0.3 is 0 Å². The first kappa shape index (κ1) is 6.95. The van der Waals surface area contributed by atoms with Crippen molar-refractivity contribution < 1.29 is 15.3 Å². The molecule has 4 heteroatoms. The van der Waals surface area contributed by atoms with Crippen molar-refractivity contribution in [3.8, 4) is 0 Å². The summed E-state index contributed by atoms with van der Waals surface area (Å²) in [4.78, 5) is 0. The second-order valence-electron chi connectivity index (χ2n) is 2.26. The van der Waals surface area contributed by atoms with Gasteiger partial charge in [0.15, 0.2) is 0 Å². The average molecular weight is 133 g/mol. The van der Waals surface area contributed by atoms with E-state index in [0.717, 1.165) is 0 Å². The standard InChI is InChI=1S/C5H11NO3/c7-2-3-5(9)4(8)1-6-3/h3-9H,1-2H2/t3-,4?,5?/m0/s1. The highest BCUT2D eigenvalue weighted by atomic mass is 16.3. The van der Waals surface area contributed by atoms with Gasteiger partial charge in [-0.05, 0) is 0 Å². The molecule has 0 amide bonds. The van der Waals surface area contributed by atoms with Crippen molar-refractivity contribution in [3.05, 3.63) is 0 Å². The average Bonchev–Trinajstić information content (AvgIpc) is 2.15. The van der Waals surface area contributed by atoms with Crippen molar-refractivity contribution in [2.24, 2.45) is 0 Å². The number of hydrogen-bond donors (Lipinski definition) is 4. The van der Waals surface area contributed by atoms with Crippen LogP contribution < -0.4 is 5.32 Å². The summed E-state index contributed by atoms with van der Waals surface area (Å²) in [7, 11) is 0. The van der Waals surface area contributed by atoms with E-state index in [4.69, 9.17) is 15.3 Å². The fourth-order valence-electron chi connectivity index (χ4n) is 0.954. The molecule has 4 nitrogen and oxygen atoms in total. The molecule has 1 aliphatic rings. The number of hydrogen-bond acceptors (Lipinski definition) is 4. The zero-order valence-electron chi connectivity index (χ0n) is 4.99.